The summed E-state index contributed by atoms with van der Waals surface area (Å²) in [6, 6.07) is 13.0. The Kier molecular flexibility index (Phi) is 4.06. The van der Waals surface area contributed by atoms with Crippen molar-refractivity contribution in [3.05, 3.63) is 47.5 Å². The van der Waals surface area contributed by atoms with Crippen LogP contribution in [0.2, 0.25) is 0 Å². The minimum Gasteiger partial charge on any atom is -0.490 e. The monoisotopic (exact) mass is 327 g/mol. The molecule has 2 heterocycles. The second kappa shape index (κ2) is 6.34. The van der Waals surface area contributed by atoms with Crippen LogP contribution < -0.4 is 19.7 Å². The van der Waals surface area contributed by atoms with E-state index in [1.807, 2.05) is 0 Å². The molecule has 2 aromatic rings. The first-order valence-corrected chi connectivity index (χ1v) is 8.84. The van der Waals surface area contributed by atoms with Crippen molar-refractivity contribution in [2.75, 3.05) is 36.4 Å². The number of anilines is 2. The summed E-state index contributed by atoms with van der Waals surface area (Å²) >= 11 is 1.63. The maximum atomic E-state index is 5.77. The van der Waals surface area contributed by atoms with Crippen LogP contribution in [0.4, 0.5) is 11.4 Å². The lowest BCUT2D eigenvalue weighted by Gasteiger charge is -2.27. The zero-order chi connectivity index (χ0) is 15.6. The van der Waals surface area contributed by atoms with Gasteiger partial charge in [-0.25, -0.2) is 0 Å². The van der Waals surface area contributed by atoms with Gasteiger partial charge >= 0.3 is 0 Å². The Bertz CT molecular complexity index is 719. The summed E-state index contributed by atoms with van der Waals surface area (Å²) in [7, 11) is 2.10. The fourth-order valence-corrected chi connectivity index (χ4v) is 3.73. The van der Waals surface area contributed by atoms with E-state index in [9.17, 15) is 0 Å². The Balaban J connectivity index is 1.47. The molecule has 0 saturated heterocycles. The minimum atomic E-state index is 0.753. The Labute approximate surface area is 141 Å². The van der Waals surface area contributed by atoms with Crippen LogP contribution >= 0.6 is 11.9 Å². The van der Waals surface area contributed by atoms with Crippen molar-refractivity contribution >= 4 is 23.3 Å². The van der Waals surface area contributed by atoms with Crippen LogP contribution in [0.15, 0.2) is 41.3 Å². The fourth-order valence-electron chi connectivity index (χ4n) is 3.06. The lowest BCUT2D eigenvalue weighted by atomic mass is 10.0. The first-order chi connectivity index (χ1) is 11.3. The maximum Gasteiger partial charge on any atom is 0.143 e. The number of likely N-dealkylation sites (N-methyl/N-ethyl adjacent to an activating group) is 1. The summed E-state index contributed by atoms with van der Waals surface area (Å²) in [6.07, 6.45) is 1.12. The molecule has 5 heteroatoms. The van der Waals surface area contributed by atoms with Crippen molar-refractivity contribution < 1.29 is 4.74 Å². The van der Waals surface area contributed by atoms with Crippen LogP contribution in [-0.2, 0) is 13.0 Å². The quantitative estimate of drug-likeness (QED) is 0.846. The van der Waals surface area contributed by atoms with Gasteiger partial charge in [-0.3, -0.25) is 0 Å². The molecule has 2 aliphatic rings. The van der Waals surface area contributed by atoms with E-state index in [-0.39, 0.29) is 0 Å². The van der Waals surface area contributed by atoms with Crippen molar-refractivity contribution in [1.82, 2.24) is 5.32 Å². The number of hydrogen-bond acceptors (Lipinski definition) is 5. The predicted octanol–water partition coefficient (Wildman–Crippen LogP) is 3.28. The summed E-state index contributed by atoms with van der Waals surface area (Å²) < 4.78 is 9.22. The van der Waals surface area contributed by atoms with Crippen LogP contribution in [0, 0.1) is 0 Å². The molecule has 0 atom stereocenters. The zero-order valence-corrected chi connectivity index (χ0v) is 14.1. The van der Waals surface area contributed by atoms with Crippen molar-refractivity contribution in [2.24, 2.45) is 0 Å². The Morgan fingerprint density at radius 2 is 2.13 bits per heavy atom. The van der Waals surface area contributed by atoms with Gasteiger partial charge in [0.2, 0.25) is 0 Å². The third kappa shape index (κ3) is 3.12. The Hall–Kier alpha value is -1.85. The van der Waals surface area contributed by atoms with E-state index < -0.39 is 0 Å². The van der Waals surface area contributed by atoms with E-state index >= 15 is 0 Å². The molecule has 0 unspecified atom stereocenters. The average molecular weight is 327 g/mol. The number of hydrogen-bond donors (Lipinski definition) is 2. The van der Waals surface area contributed by atoms with Crippen LogP contribution in [0.1, 0.15) is 11.1 Å². The van der Waals surface area contributed by atoms with Gasteiger partial charge < -0.3 is 19.7 Å². The molecule has 4 rings (SSSR count). The highest BCUT2D eigenvalue weighted by Crippen LogP contribution is 2.35. The van der Waals surface area contributed by atoms with Crippen molar-refractivity contribution in [3.63, 3.8) is 0 Å². The summed E-state index contributed by atoms with van der Waals surface area (Å²) in [4.78, 5) is 3.40. The second-order valence-corrected chi connectivity index (χ2v) is 6.89. The third-order valence-electron chi connectivity index (χ3n) is 4.41. The maximum absolute atomic E-state index is 5.77. The number of nitrogens with one attached hydrogen (secondary N) is 2. The van der Waals surface area contributed by atoms with E-state index in [2.05, 4.69) is 58.4 Å². The first-order valence-electron chi connectivity index (χ1n) is 8.03. The van der Waals surface area contributed by atoms with Gasteiger partial charge in [-0.15, -0.1) is 0 Å². The molecule has 2 aromatic carbocycles. The normalized spacial score (nSPS) is 16.3. The van der Waals surface area contributed by atoms with Crippen molar-refractivity contribution in [2.45, 2.75) is 17.9 Å². The van der Waals surface area contributed by atoms with Crippen molar-refractivity contribution in [3.8, 4) is 5.75 Å². The molecule has 0 fully saturated rings. The number of nitrogens with zero attached hydrogens (tertiary/aromatic N) is 1. The molecule has 2 N–H and O–H groups in total. The molecule has 0 amide bonds. The van der Waals surface area contributed by atoms with Gasteiger partial charge in [-0.1, -0.05) is 6.07 Å². The van der Waals surface area contributed by atoms with Crippen LogP contribution in [0.5, 0.6) is 5.75 Å². The molecule has 2 aliphatic heterocycles. The van der Waals surface area contributed by atoms with Gasteiger partial charge in [0.15, 0.2) is 0 Å². The SMILES string of the molecule is CN1CCOc2cc(SNc3ccc4c(c3)CNCC4)ccc21. The van der Waals surface area contributed by atoms with E-state index in [1.54, 1.807) is 11.9 Å². The Morgan fingerprint density at radius 1 is 1.17 bits per heavy atom. The van der Waals surface area contributed by atoms with E-state index in [0.29, 0.717) is 0 Å². The minimum absolute atomic E-state index is 0.753. The molecule has 0 saturated carbocycles. The molecule has 0 spiro atoms. The van der Waals surface area contributed by atoms with E-state index in [0.717, 1.165) is 49.0 Å². The van der Waals surface area contributed by atoms with Crippen LogP contribution in [0.3, 0.4) is 0 Å². The zero-order valence-electron chi connectivity index (χ0n) is 13.3. The molecule has 120 valence electrons. The number of rotatable bonds is 3. The van der Waals surface area contributed by atoms with E-state index in [1.165, 1.54) is 16.8 Å². The largest absolute Gasteiger partial charge is 0.490 e. The number of ether oxygens (including phenoxy) is 1. The highest BCUT2D eigenvalue weighted by molar-refractivity contribution is 8.00. The smallest absolute Gasteiger partial charge is 0.143 e. The standard InChI is InChI=1S/C18H21N3OS/c1-21-8-9-22-18-11-16(4-5-17(18)21)23-20-15-3-2-13-6-7-19-12-14(13)10-15/h2-5,10-11,19-20H,6-9,12H2,1H3. The lowest BCUT2D eigenvalue weighted by Crippen LogP contribution is -2.28. The summed E-state index contributed by atoms with van der Waals surface area (Å²) in [5.41, 5.74) is 5.18. The molecule has 0 bridgehead atoms. The molecule has 0 aliphatic carbocycles. The van der Waals surface area contributed by atoms with Gasteiger partial charge in [-0.05, 0) is 66.4 Å². The van der Waals surface area contributed by atoms with Gasteiger partial charge in [0.1, 0.15) is 12.4 Å². The average Bonchev–Trinajstić information content (AvgIpc) is 2.60. The van der Waals surface area contributed by atoms with Gasteiger partial charge in [0.25, 0.3) is 0 Å². The summed E-state index contributed by atoms with van der Waals surface area (Å²) in [5, 5.41) is 3.42. The Morgan fingerprint density at radius 3 is 3.09 bits per heavy atom. The van der Waals surface area contributed by atoms with Gasteiger partial charge in [0, 0.05) is 24.2 Å². The lowest BCUT2D eigenvalue weighted by molar-refractivity contribution is 0.310. The molecular weight excluding hydrogens is 306 g/mol. The van der Waals surface area contributed by atoms with Crippen molar-refractivity contribution in [1.29, 1.82) is 0 Å². The van der Waals surface area contributed by atoms with Crippen LogP contribution in [-0.4, -0.2) is 26.7 Å². The van der Waals surface area contributed by atoms with E-state index in [4.69, 9.17) is 4.74 Å². The third-order valence-corrected chi connectivity index (χ3v) is 5.23. The highest BCUT2D eigenvalue weighted by atomic mass is 32.2. The molecule has 0 aromatic heterocycles. The van der Waals surface area contributed by atoms with Gasteiger partial charge in [0.05, 0.1) is 12.2 Å². The number of fused-ring (bicyclic) bond motifs is 2. The van der Waals surface area contributed by atoms with Gasteiger partial charge in [-0.2, -0.15) is 0 Å². The molecular formula is C18H21N3OS. The molecule has 23 heavy (non-hydrogen) atoms. The topological polar surface area (TPSA) is 36.5 Å². The summed E-state index contributed by atoms with van der Waals surface area (Å²) in [6.45, 7) is 3.75. The predicted molar refractivity (Wildman–Crippen MR) is 96.5 cm³/mol. The second-order valence-electron chi connectivity index (χ2n) is 6.01. The highest BCUT2D eigenvalue weighted by Gasteiger charge is 2.15. The molecule has 0 radical (unpaired) electrons. The first kappa shape index (κ1) is 14.7. The number of benzene rings is 2. The fraction of sp³-hybridized carbons (Fsp3) is 0.333. The molecule has 4 nitrogen and oxygen atoms in total. The van der Waals surface area contributed by atoms with Crippen LogP contribution in [0.25, 0.3) is 0 Å². The summed E-state index contributed by atoms with van der Waals surface area (Å²) in [5.74, 6) is 0.972.